The lowest BCUT2D eigenvalue weighted by molar-refractivity contribution is -0.136. The molecule has 7 nitrogen and oxygen atoms in total. The van der Waals surface area contributed by atoms with Crippen molar-refractivity contribution in [3.05, 3.63) is 83.1 Å². The Kier molecular flexibility index (Phi) is 7.88. The molecule has 0 aliphatic carbocycles. The molecule has 0 saturated carbocycles. The average molecular weight is 523 g/mol. The summed E-state index contributed by atoms with van der Waals surface area (Å²) >= 11 is 0. The standard InChI is InChI=1S/C29H30O7S/c1-19-12-25(34-10-5-11-37(3,32)33)13-20(2)29(19)22-7-4-6-21(14-22)17-35-24-8-9-26-23(15-28(30)31)18-36-27(26)16-24/h4,6-9,12-14,16,18H,5,10-11,15,17H2,1-3H3,(H,30,31). The van der Waals surface area contributed by atoms with E-state index >= 15 is 0 Å². The van der Waals surface area contributed by atoms with Gasteiger partial charge < -0.3 is 19.0 Å². The predicted molar refractivity (Wildman–Crippen MR) is 143 cm³/mol. The maximum Gasteiger partial charge on any atom is 0.307 e. The third-order valence-corrected chi connectivity index (χ3v) is 7.05. The Morgan fingerprint density at radius 3 is 2.43 bits per heavy atom. The Hall–Kier alpha value is -3.78. The highest BCUT2D eigenvalue weighted by molar-refractivity contribution is 7.90. The van der Waals surface area contributed by atoms with Gasteiger partial charge in [-0.3, -0.25) is 4.79 Å². The first kappa shape index (κ1) is 26.3. The smallest absolute Gasteiger partial charge is 0.307 e. The van der Waals surface area contributed by atoms with Crippen molar-refractivity contribution < 1.29 is 32.2 Å². The summed E-state index contributed by atoms with van der Waals surface area (Å²) in [7, 11) is -2.99. The molecule has 0 radical (unpaired) electrons. The molecule has 0 fully saturated rings. The van der Waals surface area contributed by atoms with Crippen LogP contribution in [0.5, 0.6) is 11.5 Å². The van der Waals surface area contributed by atoms with E-state index in [0.29, 0.717) is 36.5 Å². The maximum absolute atomic E-state index is 11.3. The summed E-state index contributed by atoms with van der Waals surface area (Å²) in [5.41, 5.74) is 6.55. The van der Waals surface area contributed by atoms with Gasteiger partial charge >= 0.3 is 5.97 Å². The van der Waals surface area contributed by atoms with Crippen LogP contribution in [0.25, 0.3) is 22.1 Å². The van der Waals surface area contributed by atoms with E-state index in [1.54, 1.807) is 6.07 Å². The molecule has 0 spiro atoms. The van der Waals surface area contributed by atoms with E-state index in [1.165, 1.54) is 12.5 Å². The van der Waals surface area contributed by atoms with Crippen LogP contribution in [0.15, 0.2) is 65.3 Å². The number of aliphatic carboxylic acids is 1. The Balaban J connectivity index is 1.44. The zero-order chi connectivity index (χ0) is 26.6. The Morgan fingerprint density at radius 2 is 1.73 bits per heavy atom. The molecule has 1 aromatic heterocycles. The topological polar surface area (TPSA) is 103 Å². The maximum atomic E-state index is 11.3. The van der Waals surface area contributed by atoms with Crippen molar-refractivity contribution in [1.29, 1.82) is 0 Å². The van der Waals surface area contributed by atoms with Gasteiger partial charge in [0, 0.05) is 23.3 Å². The van der Waals surface area contributed by atoms with Crippen LogP contribution in [0.4, 0.5) is 0 Å². The molecular weight excluding hydrogens is 492 g/mol. The van der Waals surface area contributed by atoms with Crippen molar-refractivity contribution in [3.63, 3.8) is 0 Å². The van der Waals surface area contributed by atoms with E-state index in [-0.39, 0.29) is 12.2 Å². The Labute approximate surface area is 216 Å². The number of hydrogen-bond donors (Lipinski definition) is 1. The Bertz CT molecular complexity index is 1510. The van der Waals surface area contributed by atoms with Gasteiger partial charge in [0.05, 0.1) is 25.0 Å². The van der Waals surface area contributed by atoms with Crippen molar-refractivity contribution in [2.75, 3.05) is 18.6 Å². The highest BCUT2D eigenvalue weighted by Gasteiger charge is 2.12. The number of benzene rings is 3. The number of hydrogen-bond acceptors (Lipinski definition) is 6. The molecule has 0 unspecified atom stereocenters. The van der Waals surface area contributed by atoms with Gasteiger partial charge in [-0.05, 0) is 78.4 Å². The number of carboxylic acid groups (broad SMARTS) is 1. The van der Waals surface area contributed by atoms with Gasteiger partial charge in [-0.15, -0.1) is 0 Å². The number of fused-ring (bicyclic) bond motifs is 1. The number of furan rings is 1. The fourth-order valence-corrected chi connectivity index (χ4v) is 5.05. The SMILES string of the molecule is Cc1cc(OCCCS(C)(=O)=O)cc(C)c1-c1cccc(COc2ccc3c(CC(=O)O)coc3c2)c1. The number of ether oxygens (including phenoxy) is 2. The molecule has 0 atom stereocenters. The van der Waals surface area contributed by atoms with Gasteiger partial charge in [0.25, 0.3) is 0 Å². The van der Waals surface area contributed by atoms with Gasteiger partial charge in [-0.1, -0.05) is 18.2 Å². The normalized spacial score (nSPS) is 11.5. The van der Waals surface area contributed by atoms with Gasteiger partial charge in [-0.2, -0.15) is 0 Å². The summed E-state index contributed by atoms with van der Waals surface area (Å²) in [5, 5.41) is 9.81. The van der Waals surface area contributed by atoms with E-state index < -0.39 is 15.8 Å². The fraction of sp³-hybridized carbons (Fsp3) is 0.276. The van der Waals surface area contributed by atoms with Crippen molar-refractivity contribution in [1.82, 2.24) is 0 Å². The van der Waals surface area contributed by atoms with Gasteiger partial charge in [-0.25, -0.2) is 8.42 Å². The molecule has 0 saturated heterocycles. The van der Waals surface area contributed by atoms with E-state index in [4.69, 9.17) is 19.0 Å². The largest absolute Gasteiger partial charge is 0.494 e. The molecule has 1 heterocycles. The summed E-state index contributed by atoms with van der Waals surface area (Å²) in [6.07, 6.45) is 3.07. The number of rotatable bonds is 11. The Morgan fingerprint density at radius 1 is 0.973 bits per heavy atom. The molecule has 4 rings (SSSR count). The number of carboxylic acids is 1. The molecule has 194 valence electrons. The second-order valence-corrected chi connectivity index (χ2v) is 11.5. The molecule has 8 heteroatoms. The zero-order valence-corrected chi connectivity index (χ0v) is 21.9. The minimum atomic E-state index is -2.99. The van der Waals surface area contributed by atoms with Crippen LogP contribution >= 0.6 is 0 Å². The lowest BCUT2D eigenvalue weighted by Gasteiger charge is -2.15. The van der Waals surface area contributed by atoms with Crippen LogP contribution in [0.3, 0.4) is 0 Å². The van der Waals surface area contributed by atoms with Crippen molar-refractivity contribution in [2.24, 2.45) is 0 Å². The van der Waals surface area contributed by atoms with E-state index in [9.17, 15) is 13.2 Å². The summed E-state index contributed by atoms with van der Waals surface area (Å²) in [5.74, 6) is 0.574. The summed E-state index contributed by atoms with van der Waals surface area (Å²) in [6.45, 7) is 4.78. The van der Waals surface area contributed by atoms with Crippen LogP contribution in [0.1, 0.15) is 28.7 Å². The predicted octanol–water partition coefficient (Wildman–Crippen LogP) is 5.74. The van der Waals surface area contributed by atoms with Gasteiger partial charge in [0.1, 0.15) is 33.5 Å². The van der Waals surface area contributed by atoms with Gasteiger partial charge in [0.2, 0.25) is 0 Å². The third kappa shape index (κ3) is 6.92. The zero-order valence-electron chi connectivity index (χ0n) is 21.1. The van der Waals surface area contributed by atoms with Crippen LogP contribution < -0.4 is 9.47 Å². The quantitative estimate of drug-likeness (QED) is 0.251. The minimum absolute atomic E-state index is 0.0882. The molecule has 1 N–H and O–H groups in total. The van der Waals surface area contributed by atoms with E-state index in [2.05, 4.69) is 12.1 Å². The van der Waals surface area contributed by atoms with Crippen LogP contribution in [0, 0.1) is 13.8 Å². The lowest BCUT2D eigenvalue weighted by Crippen LogP contribution is -2.08. The highest BCUT2D eigenvalue weighted by Crippen LogP contribution is 2.32. The summed E-state index contributed by atoms with van der Waals surface area (Å²) in [6, 6.07) is 17.5. The van der Waals surface area contributed by atoms with E-state index in [0.717, 1.165) is 39.0 Å². The first-order valence-electron chi connectivity index (χ1n) is 11.9. The first-order valence-corrected chi connectivity index (χ1v) is 14.0. The highest BCUT2D eigenvalue weighted by atomic mass is 32.2. The molecule has 3 aromatic carbocycles. The van der Waals surface area contributed by atoms with Crippen molar-refractivity contribution in [2.45, 2.75) is 33.3 Å². The summed E-state index contributed by atoms with van der Waals surface area (Å²) in [4.78, 5) is 11.0. The van der Waals surface area contributed by atoms with Crippen LogP contribution in [0.2, 0.25) is 0 Å². The average Bonchev–Trinajstić information content (AvgIpc) is 3.21. The molecule has 37 heavy (non-hydrogen) atoms. The molecule has 0 amide bonds. The monoisotopic (exact) mass is 522 g/mol. The first-order chi connectivity index (χ1) is 17.6. The molecule has 0 aliphatic heterocycles. The fourth-order valence-electron chi connectivity index (χ4n) is 4.41. The molecule has 4 aromatic rings. The van der Waals surface area contributed by atoms with Crippen LogP contribution in [-0.4, -0.2) is 38.1 Å². The second-order valence-electron chi connectivity index (χ2n) is 9.24. The lowest BCUT2D eigenvalue weighted by atomic mass is 9.94. The number of carbonyl (C=O) groups is 1. The van der Waals surface area contributed by atoms with Crippen molar-refractivity contribution in [3.8, 4) is 22.6 Å². The molecular formula is C29H30O7S. The minimum Gasteiger partial charge on any atom is -0.494 e. The van der Waals surface area contributed by atoms with Gasteiger partial charge in [0.15, 0.2) is 0 Å². The molecule has 0 aliphatic rings. The summed E-state index contributed by atoms with van der Waals surface area (Å²) < 4.78 is 39.9. The van der Waals surface area contributed by atoms with Crippen molar-refractivity contribution >= 4 is 26.8 Å². The van der Waals surface area contributed by atoms with Crippen LogP contribution in [-0.2, 0) is 27.7 Å². The second kappa shape index (κ2) is 11.1. The number of aryl methyl sites for hydroxylation is 2. The number of sulfone groups is 1. The van der Waals surface area contributed by atoms with E-state index in [1.807, 2.05) is 50.2 Å². The molecule has 0 bridgehead atoms. The third-order valence-electron chi connectivity index (χ3n) is 6.02.